The molecule has 5 heterocycles. The van der Waals surface area contributed by atoms with Crippen LogP contribution in [0.25, 0.3) is 33.6 Å². The first-order valence-corrected chi connectivity index (χ1v) is 19.8. The predicted octanol–water partition coefficient (Wildman–Crippen LogP) is 6.55. The summed E-state index contributed by atoms with van der Waals surface area (Å²) < 4.78 is 5.53. The van der Waals surface area contributed by atoms with Crippen molar-refractivity contribution >= 4 is 17.9 Å². The molecule has 0 bridgehead atoms. The Morgan fingerprint density at radius 3 is 1.56 bits per heavy atom. The third kappa shape index (κ3) is 8.47. The molecule has 13 heteroatoms. The number of carboxylic acid groups (broad SMARTS) is 1. The second-order valence-corrected chi connectivity index (χ2v) is 15.8. The van der Waals surface area contributed by atoms with Gasteiger partial charge in [0.2, 0.25) is 11.8 Å². The summed E-state index contributed by atoms with van der Waals surface area (Å²) in [6, 6.07) is 15.6. The molecule has 3 saturated heterocycles. The molecule has 7 rings (SSSR count). The summed E-state index contributed by atoms with van der Waals surface area (Å²) in [6.07, 6.45) is 7.75. The van der Waals surface area contributed by atoms with E-state index in [-0.39, 0.29) is 41.8 Å². The van der Waals surface area contributed by atoms with Crippen LogP contribution in [0.4, 0.5) is 4.79 Å². The zero-order chi connectivity index (χ0) is 38.6. The molecule has 0 aliphatic carbocycles. The number of benzene rings is 2. The quantitative estimate of drug-likeness (QED) is 0.109. The van der Waals surface area contributed by atoms with E-state index in [0.717, 1.165) is 97.7 Å². The molecule has 0 radical (unpaired) electrons. The standard InChI is InChI=1S/C42H54N8O5/c1-25(2)36(45-31-17-21-55-22-18-31)40(51)49-19-5-7-34(49)38-43-23-32(46-38)29-13-9-27(10-14-29)28-11-15-30(16-12-28)33-24-44-39(47-33)35-8-6-20-50(35)41(52)37(26(3)4)48-42(53)54/h9-16,23-26,31,34-37,45,48H,5-8,17-22H2,1-4H3,(H,43,46)(H,44,47)(H,53,54)/t34-,35-,36+,37-/m0/s1. The van der Waals surface area contributed by atoms with Crippen molar-refractivity contribution in [3.8, 4) is 33.6 Å². The van der Waals surface area contributed by atoms with Gasteiger partial charge in [-0.05, 0) is 72.6 Å². The van der Waals surface area contributed by atoms with Crippen molar-refractivity contribution in [2.45, 2.75) is 96.4 Å². The van der Waals surface area contributed by atoms with Crippen molar-refractivity contribution in [1.82, 2.24) is 40.4 Å². The van der Waals surface area contributed by atoms with Gasteiger partial charge >= 0.3 is 6.09 Å². The lowest BCUT2D eigenvalue weighted by molar-refractivity contribution is -0.136. The fourth-order valence-corrected chi connectivity index (χ4v) is 8.29. The number of amides is 3. The summed E-state index contributed by atoms with van der Waals surface area (Å²) in [5, 5.41) is 15.3. The van der Waals surface area contributed by atoms with Gasteiger partial charge in [0.15, 0.2) is 0 Å². The van der Waals surface area contributed by atoms with Gasteiger partial charge in [0, 0.05) is 32.3 Å². The number of ether oxygens (including phenoxy) is 1. The summed E-state index contributed by atoms with van der Waals surface area (Å²) >= 11 is 0. The van der Waals surface area contributed by atoms with E-state index < -0.39 is 12.1 Å². The number of likely N-dealkylation sites (tertiary alicyclic amines) is 2. The fraction of sp³-hybridized carbons (Fsp3) is 0.500. The van der Waals surface area contributed by atoms with Gasteiger partial charge in [-0.1, -0.05) is 76.2 Å². The molecule has 3 fully saturated rings. The smallest absolute Gasteiger partial charge is 0.405 e. The SMILES string of the molecule is CC(C)[C@H](NC(=O)O)C(=O)N1CCC[C@H]1c1ncc(-c2ccc(-c3ccc(-c4cnc([C@@H]5CCCN5C(=O)[C@H](NC5CCOCC5)C(C)C)[nH]4)cc3)cc2)[nH]1. The normalized spacial score (nSPS) is 20.3. The molecule has 4 atom stereocenters. The minimum absolute atomic E-state index is 0.0688. The van der Waals surface area contributed by atoms with Gasteiger partial charge in [-0.2, -0.15) is 0 Å². The largest absolute Gasteiger partial charge is 0.465 e. The molecule has 2 aromatic heterocycles. The van der Waals surface area contributed by atoms with Gasteiger partial charge in [-0.15, -0.1) is 0 Å². The summed E-state index contributed by atoms with van der Waals surface area (Å²) in [5.41, 5.74) is 5.94. The summed E-state index contributed by atoms with van der Waals surface area (Å²) in [7, 11) is 0. The molecule has 13 nitrogen and oxygen atoms in total. The third-order valence-corrected chi connectivity index (χ3v) is 11.4. The van der Waals surface area contributed by atoms with E-state index >= 15 is 0 Å². The number of hydrogen-bond donors (Lipinski definition) is 5. The van der Waals surface area contributed by atoms with Crippen LogP contribution >= 0.6 is 0 Å². The lowest BCUT2D eigenvalue weighted by atomic mass is 9.99. The Kier molecular flexibility index (Phi) is 11.7. The number of carbonyl (C=O) groups is 3. The van der Waals surface area contributed by atoms with E-state index in [1.54, 1.807) is 11.1 Å². The van der Waals surface area contributed by atoms with Crippen LogP contribution in [0.15, 0.2) is 60.9 Å². The van der Waals surface area contributed by atoms with E-state index in [0.29, 0.717) is 18.4 Å². The topological polar surface area (TPSA) is 169 Å². The van der Waals surface area contributed by atoms with Crippen molar-refractivity contribution in [3.63, 3.8) is 0 Å². The summed E-state index contributed by atoms with van der Waals surface area (Å²) in [5.74, 6) is 1.48. The number of nitrogens with zero attached hydrogens (tertiary/aromatic N) is 4. The number of rotatable bonds is 12. The molecule has 3 aliphatic heterocycles. The Hall–Kier alpha value is -5.01. The molecule has 4 aromatic rings. The highest BCUT2D eigenvalue weighted by atomic mass is 16.5. The Morgan fingerprint density at radius 1 is 0.691 bits per heavy atom. The van der Waals surface area contributed by atoms with Crippen LogP contribution in [0, 0.1) is 11.8 Å². The van der Waals surface area contributed by atoms with Gasteiger partial charge in [0.1, 0.15) is 17.7 Å². The van der Waals surface area contributed by atoms with Crippen LogP contribution in [-0.4, -0.2) is 97.2 Å². The number of H-pyrrole nitrogens is 2. The van der Waals surface area contributed by atoms with Crippen LogP contribution in [0.2, 0.25) is 0 Å². The number of hydrogen-bond acceptors (Lipinski definition) is 7. The van der Waals surface area contributed by atoms with Gasteiger partial charge in [0.25, 0.3) is 0 Å². The summed E-state index contributed by atoms with van der Waals surface area (Å²) in [4.78, 5) is 58.8. The highest BCUT2D eigenvalue weighted by molar-refractivity contribution is 5.86. The minimum Gasteiger partial charge on any atom is -0.465 e. The van der Waals surface area contributed by atoms with E-state index in [1.165, 1.54) is 0 Å². The molecular formula is C42H54N8O5. The van der Waals surface area contributed by atoms with Gasteiger partial charge in [0.05, 0.1) is 41.9 Å². The van der Waals surface area contributed by atoms with Crippen molar-refractivity contribution in [3.05, 3.63) is 72.6 Å². The van der Waals surface area contributed by atoms with Crippen molar-refractivity contribution in [2.24, 2.45) is 11.8 Å². The zero-order valence-electron chi connectivity index (χ0n) is 32.3. The molecule has 0 spiro atoms. The van der Waals surface area contributed by atoms with E-state index in [2.05, 4.69) is 88.0 Å². The van der Waals surface area contributed by atoms with Crippen molar-refractivity contribution in [2.75, 3.05) is 26.3 Å². The van der Waals surface area contributed by atoms with Crippen molar-refractivity contribution in [1.29, 1.82) is 0 Å². The minimum atomic E-state index is -1.20. The lowest BCUT2D eigenvalue weighted by Gasteiger charge is -2.34. The number of nitrogens with one attached hydrogen (secondary N) is 4. The molecule has 0 saturated carbocycles. The molecular weight excluding hydrogens is 697 g/mol. The summed E-state index contributed by atoms with van der Waals surface area (Å²) in [6.45, 7) is 10.7. The maximum absolute atomic E-state index is 13.9. The number of aromatic nitrogens is 4. The number of imidazole rings is 2. The molecule has 292 valence electrons. The first-order valence-electron chi connectivity index (χ1n) is 19.8. The molecule has 55 heavy (non-hydrogen) atoms. The number of carbonyl (C=O) groups excluding carboxylic acids is 2. The van der Waals surface area contributed by atoms with E-state index in [1.807, 2.05) is 24.9 Å². The van der Waals surface area contributed by atoms with Crippen molar-refractivity contribution < 1.29 is 24.2 Å². The molecule has 0 unspecified atom stereocenters. The highest BCUT2D eigenvalue weighted by Gasteiger charge is 2.39. The number of aromatic amines is 2. The van der Waals surface area contributed by atoms with Gasteiger partial charge < -0.3 is 40.2 Å². The molecule has 5 N–H and O–H groups in total. The van der Waals surface area contributed by atoms with E-state index in [4.69, 9.17) is 9.72 Å². The van der Waals surface area contributed by atoms with E-state index in [9.17, 15) is 19.5 Å². The van der Waals surface area contributed by atoms with Crippen LogP contribution in [-0.2, 0) is 14.3 Å². The Balaban J connectivity index is 0.991. The average Bonchev–Trinajstić information content (AvgIpc) is 4.02. The second-order valence-electron chi connectivity index (χ2n) is 15.8. The molecule has 2 aromatic carbocycles. The molecule has 3 aliphatic rings. The zero-order valence-corrected chi connectivity index (χ0v) is 32.3. The maximum atomic E-state index is 13.9. The maximum Gasteiger partial charge on any atom is 0.405 e. The first kappa shape index (κ1) is 38.3. The first-order chi connectivity index (χ1) is 26.6. The molecule has 3 amide bonds. The highest BCUT2D eigenvalue weighted by Crippen LogP contribution is 2.35. The van der Waals surface area contributed by atoms with Gasteiger partial charge in [-0.3, -0.25) is 9.59 Å². The Labute approximate surface area is 322 Å². The van der Waals surface area contributed by atoms with Crippen LogP contribution < -0.4 is 10.6 Å². The third-order valence-electron chi connectivity index (χ3n) is 11.4. The Bertz CT molecular complexity index is 1930. The fourth-order valence-electron chi connectivity index (χ4n) is 8.29. The van der Waals surface area contributed by atoms with Crippen LogP contribution in [0.3, 0.4) is 0 Å². The average molecular weight is 751 g/mol. The monoisotopic (exact) mass is 750 g/mol. The Morgan fingerprint density at radius 2 is 1.13 bits per heavy atom. The predicted molar refractivity (Wildman–Crippen MR) is 210 cm³/mol. The van der Waals surface area contributed by atoms with Crippen LogP contribution in [0.5, 0.6) is 0 Å². The van der Waals surface area contributed by atoms with Gasteiger partial charge in [-0.25, -0.2) is 14.8 Å². The second kappa shape index (κ2) is 16.8. The van der Waals surface area contributed by atoms with Crippen LogP contribution in [0.1, 0.15) is 90.0 Å². The lowest BCUT2D eigenvalue weighted by Crippen LogP contribution is -2.53.